The van der Waals surface area contributed by atoms with Gasteiger partial charge >= 0.3 is 0 Å². The number of aryl methyl sites for hydroxylation is 2. The van der Waals surface area contributed by atoms with Crippen LogP contribution in [0.4, 0.5) is 0 Å². The first-order chi connectivity index (χ1) is 13.3. The smallest absolute Gasteiger partial charge is 0.263 e. The summed E-state index contributed by atoms with van der Waals surface area (Å²) in [5, 5.41) is 4.89. The Morgan fingerprint density at radius 3 is 2.79 bits per heavy atom. The number of fused-ring (bicyclic) bond motifs is 1. The van der Waals surface area contributed by atoms with Crippen LogP contribution in [0.25, 0.3) is 18.2 Å². The Balaban J connectivity index is 1.86. The summed E-state index contributed by atoms with van der Waals surface area (Å²) in [7, 11) is 0. The molecule has 1 aliphatic rings. The summed E-state index contributed by atoms with van der Waals surface area (Å²) in [6.07, 6.45) is 9.03. The highest BCUT2D eigenvalue weighted by Gasteiger charge is 2.17. The molecule has 0 saturated carbocycles. The van der Waals surface area contributed by atoms with Gasteiger partial charge in [0, 0.05) is 17.5 Å². The van der Waals surface area contributed by atoms with Crippen LogP contribution in [0.2, 0.25) is 0 Å². The second-order valence-electron chi connectivity index (χ2n) is 7.21. The Kier molecular flexibility index (Phi) is 5.75. The van der Waals surface area contributed by atoms with Gasteiger partial charge < -0.3 is 16.0 Å². The predicted molar refractivity (Wildman–Crippen MR) is 113 cm³/mol. The van der Waals surface area contributed by atoms with E-state index in [-0.39, 0.29) is 5.03 Å². The third-order valence-electron chi connectivity index (χ3n) is 5.10. The van der Waals surface area contributed by atoms with Crippen LogP contribution in [0.15, 0.2) is 29.4 Å². The highest BCUT2D eigenvalue weighted by Crippen LogP contribution is 2.29. The number of hydrogen-bond acceptors (Lipinski definition) is 2. The summed E-state index contributed by atoms with van der Waals surface area (Å²) < 4.78 is 0. The Labute approximate surface area is 169 Å². The van der Waals surface area contributed by atoms with Crippen LogP contribution in [-0.4, -0.2) is 22.8 Å². The standard InChI is InChI=1S/C22H24ClN3O2/c1-12-9-18(15-4-5-20-16(10-15)6-7-25-20)13(2)8-17(12)11-19(23)22(28)26-14(3)21(24)27/h5-11,14-15,25H,4H2,1-3H3,(H2,24,27)(H,26,28)/b19-11-/t14-,15?/m1/s1. The second kappa shape index (κ2) is 8.07. The Morgan fingerprint density at radius 2 is 2.07 bits per heavy atom. The fourth-order valence-electron chi connectivity index (χ4n) is 3.42. The van der Waals surface area contributed by atoms with Gasteiger partial charge in [-0.25, -0.2) is 0 Å². The lowest BCUT2D eigenvalue weighted by Gasteiger charge is -2.18. The molecule has 0 saturated heterocycles. The van der Waals surface area contributed by atoms with Gasteiger partial charge in [-0.05, 0) is 66.8 Å². The minimum Gasteiger partial charge on any atom is -0.368 e. The minimum atomic E-state index is -0.781. The SMILES string of the molecule is Cc1cc(C2C=c3cc[nH]c3=CC2)c(C)cc1/C=C(\Cl)C(=O)N[C@H](C)C(N)=O. The lowest BCUT2D eigenvalue weighted by atomic mass is 9.86. The van der Waals surface area contributed by atoms with Crippen molar-refractivity contribution in [3.05, 3.63) is 62.2 Å². The summed E-state index contributed by atoms with van der Waals surface area (Å²) in [6.45, 7) is 5.58. The lowest BCUT2D eigenvalue weighted by molar-refractivity contribution is -0.124. The first-order valence-electron chi connectivity index (χ1n) is 9.20. The van der Waals surface area contributed by atoms with Gasteiger partial charge in [-0.2, -0.15) is 0 Å². The number of benzene rings is 1. The molecule has 1 aromatic heterocycles. The molecule has 2 amide bonds. The molecule has 1 unspecified atom stereocenters. The van der Waals surface area contributed by atoms with Crippen molar-refractivity contribution in [1.29, 1.82) is 0 Å². The van der Waals surface area contributed by atoms with E-state index in [1.807, 2.05) is 19.2 Å². The Morgan fingerprint density at radius 1 is 1.32 bits per heavy atom. The lowest BCUT2D eigenvalue weighted by Crippen LogP contribution is -2.42. The molecule has 0 bridgehead atoms. The van der Waals surface area contributed by atoms with E-state index in [2.05, 4.69) is 41.5 Å². The summed E-state index contributed by atoms with van der Waals surface area (Å²) in [5.41, 5.74) is 9.47. The molecule has 2 atom stereocenters. The first-order valence-corrected chi connectivity index (χ1v) is 9.58. The topological polar surface area (TPSA) is 88.0 Å². The molecule has 146 valence electrons. The zero-order valence-electron chi connectivity index (χ0n) is 16.2. The van der Waals surface area contributed by atoms with Crippen LogP contribution in [0, 0.1) is 13.8 Å². The van der Waals surface area contributed by atoms with E-state index in [1.54, 1.807) is 6.08 Å². The van der Waals surface area contributed by atoms with Gasteiger partial charge in [0.05, 0.1) is 0 Å². The number of hydrogen-bond donors (Lipinski definition) is 3. The molecule has 4 N–H and O–H groups in total. The molecule has 0 radical (unpaired) electrons. The van der Waals surface area contributed by atoms with Crippen LogP contribution in [0.1, 0.15) is 41.5 Å². The molecule has 0 spiro atoms. The quantitative estimate of drug-likeness (QED) is 0.673. The summed E-state index contributed by atoms with van der Waals surface area (Å²) in [6, 6.07) is 5.50. The number of rotatable bonds is 5. The second-order valence-corrected chi connectivity index (χ2v) is 7.62. The molecule has 1 heterocycles. The van der Waals surface area contributed by atoms with Crippen LogP contribution >= 0.6 is 11.6 Å². The zero-order chi connectivity index (χ0) is 20.4. The van der Waals surface area contributed by atoms with E-state index in [9.17, 15) is 9.59 Å². The van der Waals surface area contributed by atoms with E-state index >= 15 is 0 Å². The van der Waals surface area contributed by atoms with E-state index in [0.29, 0.717) is 5.92 Å². The molecular formula is C22H24ClN3O2. The molecule has 2 aromatic rings. The maximum absolute atomic E-state index is 12.1. The molecule has 0 fully saturated rings. The first kappa shape index (κ1) is 20.0. The van der Waals surface area contributed by atoms with E-state index in [0.717, 1.165) is 23.1 Å². The molecule has 1 aliphatic carbocycles. The normalized spacial score (nSPS) is 17.1. The van der Waals surface area contributed by atoms with Crippen LogP contribution in [-0.2, 0) is 9.59 Å². The molecule has 3 rings (SSSR count). The van der Waals surface area contributed by atoms with E-state index in [1.165, 1.54) is 23.1 Å². The summed E-state index contributed by atoms with van der Waals surface area (Å²) >= 11 is 6.15. The number of carbonyl (C=O) groups excluding carboxylic acids is 2. The van der Waals surface area contributed by atoms with Crippen molar-refractivity contribution in [3.8, 4) is 0 Å². The maximum atomic E-state index is 12.1. The highest BCUT2D eigenvalue weighted by atomic mass is 35.5. The monoisotopic (exact) mass is 397 g/mol. The Hall–Kier alpha value is -2.79. The molecule has 0 aliphatic heterocycles. The number of primary amides is 1. The van der Waals surface area contributed by atoms with Crippen LogP contribution in [0.3, 0.4) is 0 Å². The maximum Gasteiger partial charge on any atom is 0.263 e. The number of H-pyrrole nitrogens is 1. The van der Waals surface area contributed by atoms with Crippen molar-refractivity contribution in [2.75, 3.05) is 0 Å². The van der Waals surface area contributed by atoms with Gasteiger partial charge in [0.25, 0.3) is 5.91 Å². The van der Waals surface area contributed by atoms with Gasteiger partial charge in [0.1, 0.15) is 11.1 Å². The average Bonchev–Trinajstić information content (AvgIpc) is 3.11. The fraction of sp³-hybridized carbons (Fsp3) is 0.273. The number of aromatic amines is 1. The predicted octanol–water partition coefficient (Wildman–Crippen LogP) is 1.95. The summed E-state index contributed by atoms with van der Waals surface area (Å²) in [4.78, 5) is 26.5. The number of amides is 2. The average molecular weight is 398 g/mol. The third kappa shape index (κ3) is 4.20. The Bertz CT molecular complexity index is 1080. The van der Waals surface area contributed by atoms with Crippen molar-refractivity contribution in [1.82, 2.24) is 10.3 Å². The van der Waals surface area contributed by atoms with Gasteiger partial charge in [-0.1, -0.05) is 35.9 Å². The molecule has 28 heavy (non-hydrogen) atoms. The number of carbonyl (C=O) groups is 2. The van der Waals surface area contributed by atoms with Crippen molar-refractivity contribution < 1.29 is 9.59 Å². The van der Waals surface area contributed by atoms with E-state index in [4.69, 9.17) is 17.3 Å². The molecule has 5 nitrogen and oxygen atoms in total. The molecular weight excluding hydrogens is 374 g/mol. The summed E-state index contributed by atoms with van der Waals surface area (Å²) in [5.74, 6) is -0.820. The minimum absolute atomic E-state index is 0.0119. The van der Waals surface area contributed by atoms with Gasteiger partial charge in [-0.3, -0.25) is 9.59 Å². The fourth-order valence-corrected chi connectivity index (χ4v) is 3.59. The van der Waals surface area contributed by atoms with Crippen LogP contribution < -0.4 is 21.6 Å². The number of nitrogens with one attached hydrogen (secondary N) is 2. The highest BCUT2D eigenvalue weighted by molar-refractivity contribution is 6.44. The number of nitrogens with two attached hydrogens (primary N) is 1. The molecule has 1 aromatic carbocycles. The largest absolute Gasteiger partial charge is 0.368 e. The van der Waals surface area contributed by atoms with Crippen molar-refractivity contribution in [2.45, 2.75) is 39.2 Å². The number of halogens is 1. The van der Waals surface area contributed by atoms with Crippen LogP contribution in [0.5, 0.6) is 0 Å². The third-order valence-corrected chi connectivity index (χ3v) is 5.38. The van der Waals surface area contributed by atoms with Crippen molar-refractivity contribution in [3.63, 3.8) is 0 Å². The van der Waals surface area contributed by atoms with Gasteiger partial charge in [-0.15, -0.1) is 0 Å². The van der Waals surface area contributed by atoms with Gasteiger partial charge in [0.15, 0.2) is 0 Å². The van der Waals surface area contributed by atoms with Gasteiger partial charge in [0.2, 0.25) is 5.91 Å². The van der Waals surface area contributed by atoms with E-state index < -0.39 is 17.9 Å². The number of aromatic nitrogens is 1. The van der Waals surface area contributed by atoms with Crippen molar-refractivity contribution >= 4 is 41.6 Å². The zero-order valence-corrected chi connectivity index (χ0v) is 16.9. The molecule has 6 heteroatoms. The van der Waals surface area contributed by atoms with Crippen molar-refractivity contribution in [2.24, 2.45) is 5.73 Å².